The molecule has 0 aromatic carbocycles. The van der Waals surface area contributed by atoms with Crippen molar-refractivity contribution in [2.45, 2.75) is 12.5 Å². The molecule has 0 unspecified atom stereocenters. The molecule has 0 aliphatic rings. The van der Waals surface area contributed by atoms with Gasteiger partial charge in [0, 0.05) is 0 Å². The van der Waals surface area contributed by atoms with Crippen LogP contribution in [0.15, 0.2) is 0 Å². The van der Waals surface area contributed by atoms with E-state index in [1.54, 1.807) is 0 Å². The Kier molecular flexibility index (Phi) is 4.74. The van der Waals surface area contributed by atoms with E-state index in [9.17, 15) is 4.79 Å². The molecule has 0 aliphatic carbocycles. The van der Waals surface area contributed by atoms with E-state index in [-0.39, 0.29) is 12.5 Å². The van der Waals surface area contributed by atoms with Gasteiger partial charge >= 0.3 is 5.97 Å². The lowest BCUT2D eigenvalue weighted by atomic mass is 10.2. The SMILES string of the molecule is C[N+](C)(C)C[C@@H](CC(=O)O)OBr. The first kappa shape index (κ1) is 11.9. The number of aliphatic carboxylic acids is 1. The van der Waals surface area contributed by atoms with Crippen LogP contribution in [0.2, 0.25) is 0 Å². The molecule has 12 heavy (non-hydrogen) atoms. The summed E-state index contributed by atoms with van der Waals surface area (Å²) in [5.41, 5.74) is 0. The molecule has 0 aromatic rings. The maximum atomic E-state index is 10.3. The van der Waals surface area contributed by atoms with Crippen LogP contribution in [0, 0.1) is 0 Å². The van der Waals surface area contributed by atoms with E-state index < -0.39 is 5.97 Å². The predicted octanol–water partition coefficient (Wildman–Crippen LogP) is 0.862. The lowest BCUT2D eigenvalue weighted by Crippen LogP contribution is -2.42. The number of hydrogen-bond acceptors (Lipinski definition) is 2. The Morgan fingerprint density at radius 1 is 1.58 bits per heavy atom. The highest BCUT2D eigenvalue weighted by Gasteiger charge is 2.20. The van der Waals surface area contributed by atoms with Crippen molar-refractivity contribution in [1.82, 2.24) is 0 Å². The summed E-state index contributed by atoms with van der Waals surface area (Å²) in [6.45, 7) is 0.664. The standard InChI is InChI=1S/C7H14BrNO3/c1-9(2,3)5-6(12-8)4-7(10)11/h6H,4-5H2,1-3H3/p+1/t6-/m1/s1. The van der Waals surface area contributed by atoms with Crippen molar-refractivity contribution in [3.63, 3.8) is 0 Å². The van der Waals surface area contributed by atoms with Gasteiger partial charge in [-0.05, 0) is 0 Å². The Labute approximate surface area is 81.2 Å². The van der Waals surface area contributed by atoms with Crippen molar-refractivity contribution in [2.75, 3.05) is 27.7 Å². The number of likely N-dealkylation sites (N-methyl/N-ethyl adjacent to an activating group) is 1. The molecule has 1 atom stereocenters. The molecular weight excluding hydrogens is 226 g/mol. The van der Waals surface area contributed by atoms with Gasteiger partial charge in [-0.2, -0.15) is 0 Å². The molecule has 0 saturated heterocycles. The Bertz CT molecular complexity index is 155. The number of nitrogens with zero attached hydrogens (tertiary/aromatic N) is 1. The molecule has 0 fully saturated rings. The van der Waals surface area contributed by atoms with Crippen LogP contribution in [0.4, 0.5) is 0 Å². The number of carbonyl (C=O) groups is 1. The van der Waals surface area contributed by atoms with Crippen LogP contribution in [0.1, 0.15) is 6.42 Å². The molecule has 0 aliphatic heterocycles. The van der Waals surface area contributed by atoms with Gasteiger partial charge in [-0.3, -0.25) is 8.62 Å². The zero-order chi connectivity index (χ0) is 9.78. The maximum absolute atomic E-state index is 10.3. The van der Waals surface area contributed by atoms with Crippen LogP contribution in [0.3, 0.4) is 0 Å². The smallest absolute Gasteiger partial charge is 0.306 e. The molecule has 4 nitrogen and oxygen atoms in total. The highest BCUT2D eigenvalue weighted by Crippen LogP contribution is 2.07. The highest BCUT2D eigenvalue weighted by atomic mass is 79.9. The normalized spacial score (nSPS) is 14.3. The van der Waals surface area contributed by atoms with Gasteiger partial charge in [0.05, 0.1) is 43.8 Å². The molecule has 72 valence electrons. The molecule has 0 bridgehead atoms. The van der Waals surface area contributed by atoms with Crippen molar-refractivity contribution in [3.8, 4) is 0 Å². The van der Waals surface area contributed by atoms with Crippen LogP contribution in [-0.4, -0.2) is 49.4 Å². The number of hydrogen-bond donors (Lipinski definition) is 1. The zero-order valence-electron chi connectivity index (χ0n) is 7.58. The summed E-state index contributed by atoms with van der Waals surface area (Å²) in [4.78, 5) is 10.3. The average molecular weight is 241 g/mol. The monoisotopic (exact) mass is 240 g/mol. The van der Waals surface area contributed by atoms with Crippen molar-refractivity contribution < 1.29 is 18.2 Å². The lowest BCUT2D eigenvalue weighted by Gasteiger charge is -2.27. The Balaban J connectivity index is 3.92. The fourth-order valence-corrected chi connectivity index (χ4v) is 1.18. The molecule has 0 aromatic heterocycles. The van der Waals surface area contributed by atoms with Crippen LogP contribution in [-0.2, 0) is 8.62 Å². The van der Waals surface area contributed by atoms with Gasteiger partial charge < -0.3 is 9.59 Å². The molecule has 0 amide bonds. The van der Waals surface area contributed by atoms with Crippen molar-refractivity contribution in [1.29, 1.82) is 0 Å². The molecule has 0 rings (SSSR count). The van der Waals surface area contributed by atoms with E-state index >= 15 is 0 Å². The second kappa shape index (κ2) is 4.79. The fraction of sp³-hybridized carbons (Fsp3) is 0.857. The highest BCUT2D eigenvalue weighted by molar-refractivity contribution is 9.06. The molecule has 0 spiro atoms. The van der Waals surface area contributed by atoms with Gasteiger partial charge in [0.2, 0.25) is 0 Å². The first-order chi connectivity index (χ1) is 5.35. The Hall–Kier alpha value is -0.130. The third-order valence-corrected chi connectivity index (χ3v) is 1.81. The van der Waals surface area contributed by atoms with Gasteiger partial charge in [0.15, 0.2) is 0 Å². The molecular formula is C7H15BrNO3+. The molecule has 0 radical (unpaired) electrons. The van der Waals surface area contributed by atoms with Crippen molar-refractivity contribution >= 4 is 22.2 Å². The lowest BCUT2D eigenvalue weighted by molar-refractivity contribution is -0.873. The maximum Gasteiger partial charge on any atom is 0.306 e. The van der Waals surface area contributed by atoms with Crippen LogP contribution in [0.25, 0.3) is 0 Å². The number of rotatable bonds is 5. The van der Waals surface area contributed by atoms with Crippen LogP contribution < -0.4 is 0 Å². The number of carboxylic acid groups (broad SMARTS) is 1. The Morgan fingerprint density at radius 2 is 2.08 bits per heavy atom. The Morgan fingerprint density at radius 3 is 2.33 bits per heavy atom. The largest absolute Gasteiger partial charge is 0.481 e. The number of quaternary nitrogens is 1. The van der Waals surface area contributed by atoms with E-state index in [1.807, 2.05) is 21.1 Å². The first-order valence-electron chi connectivity index (χ1n) is 3.65. The second-order valence-corrected chi connectivity index (χ2v) is 4.16. The third-order valence-electron chi connectivity index (χ3n) is 1.28. The van der Waals surface area contributed by atoms with Gasteiger partial charge in [-0.15, -0.1) is 0 Å². The van der Waals surface area contributed by atoms with Gasteiger partial charge in [-0.1, -0.05) is 0 Å². The third kappa shape index (κ3) is 6.57. The molecule has 0 saturated carbocycles. The fourth-order valence-electron chi connectivity index (χ4n) is 0.930. The summed E-state index contributed by atoms with van der Waals surface area (Å²) in [5.74, 6) is -0.840. The second-order valence-electron chi connectivity index (χ2n) is 3.78. The summed E-state index contributed by atoms with van der Waals surface area (Å²) in [5, 5.41) is 8.50. The summed E-state index contributed by atoms with van der Waals surface area (Å²) in [7, 11) is 5.96. The minimum atomic E-state index is -0.840. The summed E-state index contributed by atoms with van der Waals surface area (Å²) < 4.78 is 5.54. The van der Waals surface area contributed by atoms with Crippen molar-refractivity contribution in [2.24, 2.45) is 0 Å². The predicted molar refractivity (Wildman–Crippen MR) is 49.0 cm³/mol. The van der Waals surface area contributed by atoms with E-state index in [2.05, 4.69) is 16.3 Å². The van der Waals surface area contributed by atoms with Crippen molar-refractivity contribution in [3.05, 3.63) is 0 Å². The van der Waals surface area contributed by atoms with E-state index in [4.69, 9.17) is 8.93 Å². The van der Waals surface area contributed by atoms with Gasteiger partial charge in [0.1, 0.15) is 12.6 Å². The molecule has 1 N–H and O–H groups in total. The molecule has 5 heteroatoms. The topological polar surface area (TPSA) is 46.5 Å². The molecule has 0 heterocycles. The first-order valence-corrected chi connectivity index (χ1v) is 4.29. The number of carboxylic acids is 1. The zero-order valence-corrected chi connectivity index (χ0v) is 9.17. The summed E-state index contributed by atoms with van der Waals surface area (Å²) in [6, 6.07) is 0. The number of halogens is 1. The van der Waals surface area contributed by atoms with Gasteiger partial charge in [-0.25, -0.2) is 0 Å². The van der Waals surface area contributed by atoms with E-state index in [0.717, 1.165) is 0 Å². The average Bonchev–Trinajstić information content (AvgIpc) is 1.82. The van der Waals surface area contributed by atoms with E-state index in [0.29, 0.717) is 11.0 Å². The van der Waals surface area contributed by atoms with Crippen LogP contribution in [0.5, 0.6) is 0 Å². The summed E-state index contributed by atoms with van der Waals surface area (Å²) >= 11 is 2.82. The van der Waals surface area contributed by atoms with Gasteiger partial charge in [0.25, 0.3) is 0 Å². The minimum Gasteiger partial charge on any atom is -0.481 e. The minimum absolute atomic E-state index is 0.0285. The van der Waals surface area contributed by atoms with Crippen LogP contribution >= 0.6 is 16.3 Å². The summed E-state index contributed by atoms with van der Waals surface area (Å²) in [6.07, 6.45) is -0.247. The quantitative estimate of drug-likeness (QED) is 0.726. The van der Waals surface area contributed by atoms with E-state index in [1.165, 1.54) is 0 Å².